The Morgan fingerprint density at radius 1 is 0.596 bits per heavy atom. The van der Waals surface area contributed by atoms with Gasteiger partial charge in [-0.15, -0.1) is 11.0 Å². The van der Waals surface area contributed by atoms with Gasteiger partial charge in [0, 0.05) is 36.5 Å². The average Bonchev–Trinajstić information content (AvgIpc) is 3.57. The summed E-state index contributed by atoms with van der Waals surface area (Å²) in [7, 11) is 0. The largest absolute Gasteiger partial charge is 1.00 e. The Morgan fingerprint density at radius 2 is 1.09 bits per heavy atom. The van der Waals surface area contributed by atoms with Crippen molar-refractivity contribution in [3.8, 4) is 0 Å². The van der Waals surface area contributed by atoms with Gasteiger partial charge < -0.3 is 4.98 Å². The summed E-state index contributed by atoms with van der Waals surface area (Å²) in [5, 5.41) is 2.59. The minimum atomic E-state index is 0. The number of aromatic nitrogens is 2. The van der Waals surface area contributed by atoms with Crippen molar-refractivity contribution in [2.24, 2.45) is 0 Å². The number of hydrogen-bond acceptors (Lipinski definition) is 1. The first-order valence-corrected chi connectivity index (χ1v) is 16.2. The van der Waals surface area contributed by atoms with Gasteiger partial charge in [-0.3, -0.25) is 0 Å². The third-order valence-electron chi connectivity index (χ3n) is 8.76. The Labute approximate surface area is 295 Å². The summed E-state index contributed by atoms with van der Waals surface area (Å²) < 4.78 is 4.18. The van der Waals surface area contributed by atoms with Crippen LogP contribution in [0.5, 0.6) is 0 Å². The molecule has 0 atom stereocenters. The fraction of sp³-hybridized carbons (Fsp3) is 0.286. The van der Waals surface area contributed by atoms with Crippen LogP contribution in [0.3, 0.4) is 0 Å². The molecule has 4 aromatic carbocycles. The van der Waals surface area contributed by atoms with Crippen LogP contribution >= 0.6 is 0 Å². The van der Waals surface area contributed by atoms with Crippen LogP contribution in [0, 0.1) is 27.7 Å². The number of nitrogens with zero attached hydrogens (tertiary/aromatic N) is 4. The van der Waals surface area contributed by atoms with Crippen LogP contribution in [0.15, 0.2) is 91.1 Å². The summed E-state index contributed by atoms with van der Waals surface area (Å²) in [6, 6.07) is 33.9. The molecule has 0 N–H and O–H groups in total. The van der Waals surface area contributed by atoms with E-state index in [-0.39, 0.29) is 33.2 Å². The molecular formula is C42H45AuN4+2. The first-order chi connectivity index (χ1) is 21.7. The Morgan fingerprint density at radius 3 is 1.57 bits per heavy atom. The molecule has 7 rings (SSSR count). The van der Waals surface area contributed by atoms with Gasteiger partial charge in [0.15, 0.2) is 0 Å². The van der Waals surface area contributed by atoms with Gasteiger partial charge in [-0.25, -0.2) is 0 Å². The Kier molecular flexibility index (Phi) is 9.38. The van der Waals surface area contributed by atoms with Gasteiger partial charge in [-0.2, -0.15) is 4.98 Å². The van der Waals surface area contributed by atoms with Crippen molar-refractivity contribution in [1.82, 2.24) is 19.1 Å². The van der Waals surface area contributed by atoms with Crippen LogP contribution in [-0.4, -0.2) is 11.0 Å². The molecular weight excluding hydrogens is 757 g/mol. The molecule has 0 fully saturated rings. The molecule has 0 saturated carbocycles. The Bertz CT molecular complexity index is 2050. The SMILES string of the molecule is CC(C)(C)c1cccc([N+]2=C=[N+](c3cccc(C(C)(C)C)c3)c3ncccc32)c1.Cc1cc(C)c2[n-]c3c(C)cc(C)cc3c2c1.[Au+]. The minimum absolute atomic E-state index is 0. The van der Waals surface area contributed by atoms with E-state index in [0.29, 0.717) is 0 Å². The average molecular weight is 803 g/mol. The van der Waals surface area contributed by atoms with Crippen LogP contribution in [-0.2, 0) is 33.2 Å². The molecule has 4 nitrogen and oxygen atoms in total. The predicted molar refractivity (Wildman–Crippen MR) is 196 cm³/mol. The molecule has 0 unspecified atom stereocenters. The first-order valence-electron chi connectivity index (χ1n) is 16.2. The molecule has 0 spiro atoms. The monoisotopic (exact) mass is 802 g/mol. The van der Waals surface area contributed by atoms with Crippen molar-refractivity contribution < 1.29 is 22.4 Å². The first kappa shape index (κ1) is 34.3. The van der Waals surface area contributed by atoms with Crippen molar-refractivity contribution in [2.75, 3.05) is 0 Å². The number of benzene rings is 4. The van der Waals surface area contributed by atoms with Crippen molar-refractivity contribution in [2.45, 2.75) is 80.1 Å². The van der Waals surface area contributed by atoms with Crippen molar-refractivity contribution >= 4 is 50.7 Å². The third kappa shape index (κ3) is 6.84. The molecule has 3 heterocycles. The van der Waals surface area contributed by atoms with Crippen molar-refractivity contribution in [1.29, 1.82) is 0 Å². The molecule has 5 heteroatoms. The summed E-state index contributed by atoms with van der Waals surface area (Å²) in [4.78, 5) is 9.47. The summed E-state index contributed by atoms with van der Waals surface area (Å²) in [5.74, 6) is 0.903. The fourth-order valence-corrected chi connectivity index (χ4v) is 6.28. The van der Waals surface area contributed by atoms with Crippen LogP contribution in [0.2, 0.25) is 0 Å². The molecule has 0 saturated heterocycles. The van der Waals surface area contributed by atoms with Gasteiger partial charge in [0.05, 0.1) is 0 Å². The standard InChI is InChI=1S/C26H29N3.C16H16N.Au/c1-25(2,3)19-10-7-12-21(16-19)28-18-29(24-23(28)14-9-15-27-24)22-13-8-11-20(17-22)26(4,5)6;1-9-5-11(3)15-13(7-9)14-8-10(2)6-12(4)16(14)17-15;/h7-17H,1-6H3;5-8H,1-4H3;/q+2;-1;+1. The summed E-state index contributed by atoms with van der Waals surface area (Å²) in [6.45, 7) is 22.0. The number of fused-ring (bicyclic) bond motifs is 4. The predicted octanol–water partition coefficient (Wildman–Crippen LogP) is 10.7. The van der Waals surface area contributed by atoms with Gasteiger partial charge in [-0.05, 0) is 75.6 Å². The smallest absolute Gasteiger partial charge is 0.656 e. The Hall–Kier alpha value is -4.05. The Balaban J connectivity index is 0.000000205. The quantitative estimate of drug-likeness (QED) is 0.129. The maximum atomic E-state index is 4.80. The number of hydrogen-bond donors (Lipinski definition) is 0. The molecule has 1 aliphatic heterocycles. The van der Waals surface area contributed by atoms with Crippen LogP contribution < -0.4 is 14.1 Å². The molecule has 47 heavy (non-hydrogen) atoms. The zero-order valence-electron chi connectivity index (χ0n) is 29.3. The van der Waals surface area contributed by atoms with Gasteiger partial charge in [-0.1, -0.05) is 112 Å². The molecule has 1 aliphatic rings. The fourth-order valence-electron chi connectivity index (χ4n) is 6.28. The van der Waals surface area contributed by atoms with E-state index in [4.69, 9.17) is 4.98 Å². The van der Waals surface area contributed by atoms with Gasteiger partial charge in [0.25, 0.3) is 0 Å². The van der Waals surface area contributed by atoms with E-state index in [0.717, 1.165) is 33.9 Å². The topological polar surface area (TPSA) is 33.0 Å². The van der Waals surface area contributed by atoms with E-state index in [1.165, 1.54) is 44.2 Å². The van der Waals surface area contributed by atoms with E-state index in [1.807, 2.05) is 12.3 Å². The zero-order chi connectivity index (χ0) is 33.0. The normalized spacial score (nSPS) is 12.6. The molecule has 2 aromatic heterocycles. The maximum absolute atomic E-state index is 4.80. The van der Waals surface area contributed by atoms with Crippen molar-refractivity contribution in [3.63, 3.8) is 0 Å². The van der Waals surface area contributed by atoms with Crippen LogP contribution in [0.25, 0.3) is 21.8 Å². The molecule has 0 bridgehead atoms. The summed E-state index contributed by atoms with van der Waals surface area (Å²) in [6.07, 6.45) is 1.84. The summed E-state index contributed by atoms with van der Waals surface area (Å²) in [5.41, 5.74) is 13.5. The number of pyridine rings is 1. The number of aryl methyl sites for hydroxylation is 4. The summed E-state index contributed by atoms with van der Waals surface area (Å²) >= 11 is 0. The van der Waals surface area contributed by atoms with E-state index >= 15 is 0 Å². The molecule has 242 valence electrons. The van der Waals surface area contributed by atoms with Gasteiger partial charge >= 0.3 is 39.9 Å². The van der Waals surface area contributed by atoms with Gasteiger partial charge in [0.1, 0.15) is 0 Å². The van der Waals surface area contributed by atoms with E-state index < -0.39 is 0 Å². The minimum Gasteiger partial charge on any atom is -0.656 e. The zero-order valence-corrected chi connectivity index (χ0v) is 31.4. The van der Waals surface area contributed by atoms with E-state index in [9.17, 15) is 0 Å². The van der Waals surface area contributed by atoms with Crippen LogP contribution in [0.4, 0.5) is 22.9 Å². The molecule has 0 aliphatic carbocycles. The third-order valence-corrected chi connectivity index (χ3v) is 8.76. The maximum Gasteiger partial charge on any atom is 1.00 e. The molecule has 6 aromatic rings. The van der Waals surface area contributed by atoms with E-state index in [2.05, 4.69) is 168 Å². The molecule has 0 radical (unpaired) electrons. The molecule has 0 amide bonds. The second-order valence-corrected chi connectivity index (χ2v) is 14.8. The van der Waals surface area contributed by atoms with E-state index in [1.54, 1.807) is 0 Å². The van der Waals surface area contributed by atoms with Crippen LogP contribution in [0.1, 0.15) is 74.9 Å². The second kappa shape index (κ2) is 12.9. The van der Waals surface area contributed by atoms with Crippen molar-refractivity contribution in [3.05, 3.63) is 125 Å². The van der Waals surface area contributed by atoms with Gasteiger partial charge in [0.2, 0.25) is 11.4 Å². The number of rotatable bonds is 2. The second-order valence-electron chi connectivity index (χ2n) is 14.8.